The van der Waals surface area contributed by atoms with Crippen molar-refractivity contribution in [1.82, 2.24) is 4.90 Å². The van der Waals surface area contributed by atoms with Gasteiger partial charge in [-0.25, -0.2) is 8.42 Å². The summed E-state index contributed by atoms with van der Waals surface area (Å²) in [5.41, 5.74) is 0.547. The molecule has 0 saturated carbocycles. The number of nitrogens with zero attached hydrogens (tertiary/aromatic N) is 1. The summed E-state index contributed by atoms with van der Waals surface area (Å²) in [4.78, 5) is 13.9. The van der Waals surface area contributed by atoms with Crippen LogP contribution in [0, 0.1) is 0 Å². The lowest BCUT2D eigenvalue weighted by Gasteiger charge is -2.38. The Bertz CT molecular complexity index is 640. The van der Waals surface area contributed by atoms with E-state index in [0.717, 1.165) is 5.56 Å². The van der Waals surface area contributed by atoms with Gasteiger partial charge in [0, 0.05) is 13.1 Å². The highest BCUT2D eigenvalue weighted by molar-refractivity contribution is 7.92. The molecular weight excluding hydrogens is 314 g/mol. The molecule has 0 spiro atoms. The Labute approximate surface area is 138 Å². The Morgan fingerprint density at radius 3 is 2.57 bits per heavy atom. The van der Waals surface area contributed by atoms with E-state index in [1.54, 1.807) is 4.90 Å². The van der Waals surface area contributed by atoms with Gasteiger partial charge in [0.15, 0.2) is 9.84 Å². The average Bonchev–Trinajstić information content (AvgIpc) is 2.46. The molecule has 128 valence electrons. The van der Waals surface area contributed by atoms with Gasteiger partial charge < -0.3 is 9.64 Å². The summed E-state index contributed by atoms with van der Waals surface area (Å²) in [5, 5.41) is 0. The van der Waals surface area contributed by atoms with Crippen molar-refractivity contribution >= 4 is 15.7 Å². The molecule has 0 radical (unpaired) electrons. The van der Waals surface area contributed by atoms with Crippen LogP contribution in [0.5, 0.6) is 0 Å². The second-order valence-electron chi connectivity index (χ2n) is 6.79. The largest absolute Gasteiger partial charge is 0.372 e. The second kappa shape index (κ2) is 7.01. The maximum absolute atomic E-state index is 12.3. The van der Waals surface area contributed by atoms with Gasteiger partial charge in [-0.1, -0.05) is 37.3 Å². The summed E-state index contributed by atoms with van der Waals surface area (Å²) in [6.45, 7) is 6.99. The van der Waals surface area contributed by atoms with Crippen LogP contribution in [0.15, 0.2) is 30.3 Å². The first-order valence-corrected chi connectivity index (χ1v) is 9.68. The van der Waals surface area contributed by atoms with Gasteiger partial charge in [-0.05, 0) is 25.3 Å². The van der Waals surface area contributed by atoms with Crippen LogP contribution < -0.4 is 0 Å². The number of amides is 1. The van der Waals surface area contributed by atoms with Crippen LogP contribution in [0.4, 0.5) is 0 Å². The fraction of sp³-hybridized carbons (Fsp3) is 0.588. The minimum Gasteiger partial charge on any atom is -0.372 e. The molecule has 1 saturated heterocycles. The molecule has 0 aliphatic carbocycles. The van der Waals surface area contributed by atoms with E-state index in [2.05, 4.69) is 0 Å². The van der Waals surface area contributed by atoms with Gasteiger partial charge >= 0.3 is 0 Å². The van der Waals surface area contributed by atoms with Gasteiger partial charge in [0.1, 0.15) is 5.75 Å². The molecule has 2 rings (SSSR count). The number of carbonyl (C=O) groups is 1. The molecule has 1 atom stereocenters. The quantitative estimate of drug-likeness (QED) is 0.821. The summed E-state index contributed by atoms with van der Waals surface area (Å²) in [7, 11) is -3.45. The van der Waals surface area contributed by atoms with Gasteiger partial charge in [0.05, 0.1) is 18.0 Å². The van der Waals surface area contributed by atoms with Crippen molar-refractivity contribution in [2.24, 2.45) is 0 Å². The van der Waals surface area contributed by atoms with Crippen molar-refractivity contribution in [1.29, 1.82) is 0 Å². The normalized spacial score (nSPS) is 19.3. The van der Waals surface area contributed by atoms with Crippen LogP contribution in [0.1, 0.15) is 32.3 Å². The van der Waals surface area contributed by atoms with Crippen molar-refractivity contribution in [3.8, 4) is 0 Å². The van der Waals surface area contributed by atoms with E-state index in [4.69, 9.17) is 4.74 Å². The van der Waals surface area contributed by atoms with E-state index in [9.17, 15) is 13.2 Å². The van der Waals surface area contributed by atoms with Gasteiger partial charge in [0.2, 0.25) is 5.91 Å². The number of benzene rings is 1. The second-order valence-corrected chi connectivity index (χ2v) is 8.90. The third kappa shape index (κ3) is 5.32. The first-order chi connectivity index (χ1) is 10.7. The minimum absolute atomic E-state index is 0.0174. The molecule has 1 unspecified atom stereocenters. The van der Waals surface area contributed by atoms with Gasteiger partial charge in [-0.15, -0.1) is 0 Å². The fourth-order valence-electron chi connectivity index (χ4n) is 2.83. The predicted molar refractivity (Wildman–Crippen MR) is 90.1 cm³/mol. The van der Waals surface area contributed by atoms with Gasteiger partial charge in [0.25, 0.3) is 0 Å². The molecule has 1 aliphatic heterocycles. The number of sulfone groups is 1. The molecule has 1 aromatic carbocycles. The summed E-state index contributed by atoms with van der Waals surface area (Å²) in [6, 6.07) is 9.49. The number of morpholine rings is 1. The van der Waals surface area contributed by atoms with Crippen molar-refractivity contribution in [2.75, 3.05) is 31.2 Å². The van der Waals surface area contributed by atoms with E-state index in [1.165, 1.54) is 0 Å². The number of carbonyl (C=O) groups excluding carboxylic acids is 1. The zero-order valence-corrected chi connectivity index (χ0v) is 14.8. The van der Waals surface area contributed by atoms with Gasteiger partial charge in [-0.3, -0.25) is 4.79 Å². The Morgan fingerprint density at radius 2 is 1.96 bits per heavy atom. The smallest absolute Gasteiger partial charge is 0.237 e. The van der Waals surface area contributed by atoms with Crippen molar-refractivity contribution < 1.29 is 17.9 Å². The molecule has 1 heterocycles. The summed E-state index contributed by atoms with van der Waals surface area (Å²) < 4.78 is 30.3. The minimum atomic E-state index is -3.45. The van der Waals surface area contributed by atoms with Crippen molar-refractivity contribution in [3.05, 3.63) is 35.9 Å². The van der Waals surface area contributed by atoms with Crippen LogP contribution in [0.2, 0.25) is 0 Å². The average molecular weight is 339 g/mol. The van der Waals surface area contributed by atoms with Crippen LogP contribution in [-0.4, -0.2) is 56.0 Å². The SMILES string of the molecule is CC(CS(=O)(=O)CC(=O)N1CCOC(C)(C)C1)c1ccccc1. The number of ether oxygens (including phenoxy) is 1. The highest BCUT2D eigenvalue weighted by Gasteiger charge is 2.32. The van der Waals surface area contributed by atoms with Crippen molar-refractivity contribution in [3.63, 3.8) is 0 Å². The van der Waals surface area contributed by atoms with E-state index >= 15 is 0 Å². The maximum Gasteiger partial charge on any atom is 0.237 e. The lowest BCUT2D eigenvalue weighted by Crippen LogP contribution is -2.52. The molecule has 1 fully saturated rings. The molecule has 1 aromatic rings. The maximum atomic E-state index is 12.3. The lowest BCUT2D eigenvalue weighted by atomic mass is 10.0. The van der Waals surface area contributed by atoms with E-state index in [1.807, 2.05) is 51.1 Å². The van der Waals surface area contributed by atoms with Crippen LogP contribution in [-0.2, 0) is 19.4 Å². The summed E-state index contributed by atoms with van der Waals surface area (Å²) >= 11 is 0. The first-order valence-electron chi connectivity index (χ1n) is 7.86. The predicted octanol–water partition coefficient (Wildman–Crippen LogP) is 1.84. The molecular formula is C17H25NO4S. The lowest BCUT2D eigenvalue weighted by molar-refractivity contribution is -0.143. The molecule has 0 aromatic heterocycles. The number of hydrogen-bond donors (Lipinski definition) is 0. The van der Waals surface area contributed by atoms with Crippen molar-refractivity contribution in [2.45, 2.75) is 32.3 Å². The highest BCUT2D eigenvalue weighted by atomic mass is 32.2. The number of rotatable bonds is 5. The Morgan fingerprint density at radius 1 is 1.30 bits per heavy atom. The third-order valence-corrected chi connectivity index (χ3v) is 5.69. The van der Waals surface area contributed by atoms with E-state index < -0.39 is 21.2 Å². The highest BCUT2D eigenvalue weighted by Crippen LogP contribution is 2.19. The molecule has 1 aliphatic rings. The monoisotopic (exact) mass is 339 g/mol. The van der Waals surface area contributed by atoms with E-state index in [0.29, 0.717) is 19.7 Å². The van der Waals surface area contributed by atoms with Crippen LogP contribution in [0.3, 0.4) is 0 Å². The zero-order valence-electron chi connectivity index (χ0n) is 14.0. The number of hydrogen-bond acceptors (Lipinski definition) is 4. The molecule has 0 bridgehead atoms. The fourth-order valence-corrected chi connectivity index (χ4v) is 4.46. The van der Waals surface area contributed by atoms with Gasteiger partial charge in [-0.2, -0.15) is 0 Å². The molecule has 0 N–H and O–H groups in total. The topological polar surface area (TPSA) is 63.7 Å². The first kappa shape index (κ1) is 17.9. The van der Waals surface area contributed by atoms with Crippen LogP contribution in [0.25, 0.3) is 0 Å². The third-order valence-electron chi connectivity index (χ3n) is 3.99. The summed E-state index contributed by atoms with van der Waals surface area (Å²) in [6.07, 6.45) is 0. The Balaban J connectivity index is 1.96. The molecule has 23 heavy (non-hydrogen) atoms. The Hall–Kier alpha value is -1.40. The molecule has 5 nitrogen and oxygen atoms in total. The molecule has 1 amide bonds. The standard InChI is InChI=1S/C17H25NO4S/c1-14(15-7-5-4-6-8-15)11-23(20,21)12-16(19)18-9-10-22-17(2,3)13-18/h4-8,14H,9-13H2,1-3H3. The summed E-state index contributed by atoms with van der Waals surface area (Å²) in [5.74, 6) is -0.909. The van der Waals surface area contributed by atoms with E-state index in [-0.39, 0.29) is 17.6 Å². The van der Waals surface area contributed by atoms with Crippen LogP contribution >= 0.6 is 0 Å². The zero-order chi connectivity index (χ0) is 17.1. The molecule has 6 heteroatoms. The Kier molecular flexibility index (Phi) is 5.47.